The summed E-state index contributed by atoms with van der Waals surface area (Å²) in [5, 5.41) is 10.3. The van der Waals surface area contributed by atoms with Crippen LogP contribution in [0, 0.1) is 10.1 Å². The van der Waals surface area contributed by atoms with Gasteiger partial charge in [0.1, 0.15) is 0 Å². The Bertz CT molecular complexity index is 747. The molecule has 0 aromatic carbocycles. The second kappa shape index (κ2) is 9.09. The van der Waals surface area contributed by atoms with Crippen LogP contribution in [0.15, 0.2) is 0 Å². The van der Waals surface area contributed by atoms with E-state index in [-0.39, 0.29) is 39.3 Å². The fourth-order valence-electron chi connectivity index (χ4n) is 2.00. The maximum absolute atomic E-state index is 12.1. The molecular formula is C10H17F3N4O8S2. The summed E-state index contributed by atoms with van der Waals surface area (Å²) in [5.74, 6) is -2.30. The number of hydrogen-bond donors (Lipinski definition) is 1. The van der Waals surface area contributed by atoms with Crippen molar-refractivity contribution in [3.05, 3.63) is 10.1 Å². The first-order valence-electron chi connectivity index (χ1n) is 7.34. The van der Waals surface area contributed by atoms with Gasteiger partial charge in [0.25, 0.3) is 0 Å². The van der Waals surface area contributed by atoms with Crippen LogP contribution in [0.3, 0.4) is 0 Å². The van der Waals surface area contributed by atoms with Gasteiger partial charge in [-0.2, -0.15) is 25.9 Å². The number of piperazine rings is 1. The summed E-state index contributed by atoms with van der Waals surface area (Å²) in [6, 6.07) is 0. The Hall–Kier alpha value is -1.56. The van der Waals surface area contributed by atoms with Crippen molar-refractivity contribution >= 4 is 26.0 Å². The number of nitrogens with one attached hydrogen (secondary N) is 1. The van der Waals surface area contributed by atoms with Crippen LogP contribution < -0.4 is 4.89 Å². The Morgan fingerprint density at radius 1 is 1.15 bits per heavy atom. The van der Waals surface area contributed by atoms with Gasteiger partial charge >= 0.3 is 21.5 Å². The van der Waals surface area contributed by atoms with Crippen LogP contribution in [0.25, 0.3) is 0 Å². The normalized spacial score (nSPS) is 17.6. The molecule has 1 saturated heterocycles. The quantitative estimate of drug-likeness (QED) is 0.331. The lowest BCUT2D eigenvalue weighted by molar-refractivity contribution is -0.480. The highest BCUT2D eigenvalue weighted by molar-refractivity contribution is 7.90. The van der Waals surface area contributed by atoms with E-state index >= 15 is 0 Å². The number of nitrogens with zero attached hydrogens (tertiary/aromatic N) is 3. The van der Waals surface area contributed by atoms with Crippen molar-refractivity contribution < 1.29 is 44.6 Å². The largest absolute Gasteiger partial charge is 0.514 e. The molecule has 1 aliphatic heterocycles. The maximum Gasteiger partial charge on any atom is 0.514 e. The van der Waals surface area contributed by atoms with Crippen molar-refractivity contribution in [2.75, 3.05) is 45.0 Å². The van der Waals surface area contributed by atoms with E-state index in [9.17, 15) is 44.9 Å². The second-order valence-corrected chi connectivity index (χ2v) is 9.09. The molecular weight excluding hydrogens is 425 g/mol. The monoisotopic (exact) mass is 442 g/mol. The fourth-order valence-corrected chi connectivity index (χ4v) is 3.69. The standard InChI is InChI=1S/C10H17F3N4O8S2/c11-10(12,13)27(23,24)14-25-9(18)1-8-26(21,22)16-5-2-15(3-6-16)4-7-17(19)20/h14H,1-8H2. The molecule has 0 unspecified atom stereocenters. The van der Waals surface area contributed by atoms with Crippen LogP contribution in [0.2, 0.25) is 0 Å². The van der Waals surface area contributed by atoms with Gasteiger partial charge in [0, 0.05) is 31.1 Å². The van der Waals surface area contributed by atoms with E-state index in [0.717, 1.165) is 4.31 Å². The van der Waals surface area contributed by atoms with Crippen LogP contribution in [-0.4, -0.2) is 87.5 Å². The number of alkyl halides is 3. The minimum atomic E-state index is -5.89. The van der Waals surface area contributed by atoms with Gasteiger partial charge in [-0.05, 0) is 4.89 Å². The molecule has 1 fully saturated rings. The average molecular weight is 442 g/mol. The Kier molecular flexibility index (Phi) is 7.90. The summed E-state index contributed by atoms with van der Waals surface area (Å²) in [4.78, 5) is 27.1. The molecule has 1 N–H and O–H groups in total. The van der Waals surface area contributed by atoms with Crippen molar-refractivity contribution in [2.24, 2.45) is 0 Å². The second-order valence-electron chi connectivity index (χ2n) is 5.37. The third kappa shape index (κ3) is 7.53. The molecule has 0 aliphatic carbocycles. The molecule has 1 heterocycles. The summed E-state index contributed by atoms with van der Waals surface area (Å²) >= 11 is 0. The highest BCUT2D eigenvalue weighted by Gasteiger charge is 2.47. The lowest BCUT2D eigenvalue weighted by Gasteiger charge is -2.33. The summed E-state index contributed by atoms with van der Waals surface area (Å²) in [5.41, 5.74) is -5.69. The molecule has 0 atom stereocenters. The van der Waals surface area contributed by atoms with E-state index in [2.05, 4.69) is 4.84 Å². The number of rotatable bonds is 9. The van der Waals surface area contributed by atoms with Crippen molar-refractivity contribution in [2.45, 2.75) is 11.9 Å². The number of halogens is 3. The molecule has 0 amide bonds. The first-order chi connectivity index (χ1) is 12.2. The predicted octanol–water partition coefficient (Wildman–Crippen LogP) is -1.50. The number of hydrogen-bond acceptors (Lipinski definition) is 9. The van der Waals surface area contributed by atoms with Gasteiger partial charge < -0.3 is 4.84 Å². The zero-order valence-electron chi connectivity index (χ0n) is 13.7. The van der Waals surface area contributed by atoms with E-state index in [0.29, 0.717) is 4.89 Å². The molecule has 0 radical (unpaired) electrons. The minimum absolute atomic E-state index is 0.0236. The number of sulfonamides is 2. The van der Waals surface area contributed by atoms with Gasteiger partial charge in [-0.3, -0.25) is 19.8 Å². The first-order valence-corrected chi connectivity index (χ1v) is 10.4. The summed E-state index contributed by atoms with van der Waals surface area (Å²) in [7, 11) is -9.83. The Morgan fingerprint density at radius 3 is 2.19 bits per heavy atom. The van der Waals surface area contributed by atoms with Crippen LogP contribution in [-0.2, 0) is 29.7 Å². The van der Waals surface area contributed by atoms with E-state index in [1.165, 1.54) is 0 Å². The highest BCUT2D eigenvalue weighted by Crippen LogP contribution is 2.21. The van der Waals surface area contributed by atoms with Gasteiger partial charge in [-0.15, -0.1) is 0 Å². The summed E-state index contributed by atoms with van der Waals surface area (Å²) in [6.07, 6.45) is -0.871. The van der Waals surface area contributed by atoms with E-state index < -0.39 is 48.6 Å². The van der Waals surface area contributed by atoms with E-state index in [1.54, 1.807) is 4.90 Å². The summed E-state index contributed by atoms with van der Waals surface area (Å²) < 4.78 is 82.7. The molecule has 12 nitrogen and oxygen atoms in total. The third-order valence-corrected chi connectivity index (χ3v) is 6.24. The molecule has 1 aliphatic rings. The third-order valence-electron chi connectivity index (χ3n) is 3.46. The van der Waals surface area contributed by atoms with Gasteiger partial charge in [0.05, 0.1) is 18.7 Å². The van der Waals surface area contributed by atoms with Gasteiger partial charge in [0.2, 0.25) is 16.6 Å². The maximum atomic E-state index is 12.1. The predicted molar refractivity (Wildman–Crippen MR) is 82.5 cm³/mol. The molecule has 158 valence electrons. The number of carbonyl (C=O) groups is 1. The Labute approximate surface area is 152 Å². The fraction of sp³-hybridized carbons (Fsp3) is 0.900. The number of nitro groups is 1. The van der Waals surface area contributed by atoms with Crippen LogP contribution >= 0.6 is 0 Å². The lowest BCUT2D eigenvalue weighted by Crippen LogP contribution is -2.50. The van der Waals surface area contributed by atoms with Crippen molar-refractivity contribution in [1.29, 1.82) is 0 Å². The summed E-state index contributed by atoms with van der Waals surface area (Å²) in [6.45, 7) is 0.399. The minimum Gasteiger partial charge on any atom is -0.356 e. The van der Waals surface area contributed by atoms with Crippen LogP contribution in [0.5, 0.6) is 0 Å². The van der Waals surface area contributed by atoms with Gasteiger partial charge in [-0.1, -0.05) is 0 Å². The number of carbonyl (C=O) groups excluding carboxylic acids is 1. The molecule has 27 heavy (non-hydrogen) atoms. The Balaban J connectivity index is 2.43. The highest BCUT2D eigenvalue weighted by atomic mass is 32.2. The Morgan fingerprint density at radius 2 is 1.70 bits per heavy atom. The van der Waals surface area contributed by atoms with Crippen LogP contribution in [0.1, 0.15) is 6.42 Å². The molecule has 0 aromatic heterocycles. The zero-order valence-corrected chi connectivity index (χ0v) is 15.3. The van der Waals surface area contributed by atoms with Crippen molar-refractivity contribution in [3.63, 3.8) is 0 Å². The molecule has 0 bridgehead atoms. The van der Waals surface area contributed by atoms with E-state index in [1.807, 2.05) is 0 Å². The molecule has 0 aromatic rings. The molecule has 0 saturated carbocycles. The van der Waals surface area contributed by atoms with Gasteiger partial charge in [-0.25, -0.2) is 8.42 Å². The average Bonchev–Trinajstić information content (AvgIpc) is 2.56. The van der Waals surface area contributed by atoms with E-state index in [4.69, 9.17) is 0 Å². The zero-order chi connectivity index (χ0) is 20.9. The van der Waals surface area contributed by atoms with Gasteiger partial charge in [0.15, 0.2) is 0 Å². The molecule has 0 spiro atoms. The smallest absolute Gasteiger partial charge is 0.356 e. The van der Waals surface area contributed by atoms with Crippen molar-refractivity contribution in [1.82, 2.24) is 14.1 Å². The first kappa shape index (κ1) is 23.5. The molecule has 1 rings (SSSR count). The van der Waals surface area contributed by atoms with Crippen LogP contribution in [0.4, 0.5) is 13.2 Å². The SMILES string of the molecule is O=C(CCS(=O)(=O)N1CCN(CC[N+](=O)[O-])CC1)ONS(=O)(=O)C(F)(F)F. The topological polar surface area (TPSA) is 156 Å². The lowest BCUT2D eigenvalue weighted by atomic mass is 10.3. The molecule has 17 heteroatoms. The van der Waals surface area contributed by atoms with Crippen molar-refractivity contribution in [3.8, 4) is 0 Å².